The van der Waals surface area contributed by atoms with Crippen LogP contribution in [0, 0.1) is 0 Å². The van der Waals surface area contributed by atoms with Gasteiger partial charge < -0.3 is 28.8 Å². The largest absolute Gasteiger partial charge is 0.756 e. The summed E-state index contributed by atoms with van der Waals surface area (Å²) in [6.45, 7) is 4.47. The lowest BCUT2D eigenvalue weighted by Gasteiger charge is -2.29. The number of phosphoric acid groups is 1. The maximum absolute atomic E-state index is 12.5. The predicted molar refractivity (Wildman–Crippen MR) is 210 cm³/mol. The van der Waals surface area contributed by atoms with E-state index in [1.165, 1.54) is 96.3 Å². The van der Waals surface area contributed by atoms with Gasteiger partial charge >= 0.3 is 0 Å². The molecule has 3 unspecified atom stereocenters. The number of aliphatic hydroxyl groups is 1. The molecule has 0 aliphatic rings. The summed E-state index contributed by atoms with van der Waals surface area (Å²) in [4.78, 5) is 24.8. The van der Waals surface area contributed by atoms with Gasteiger partial charge in [0.1, 0.15) is 13.2 Å². The molecule has 0 aromatic rings. The van der Waals surface area contributed by atoms with Crippen molar-refractivity contribution in [3.05, 3.63) is 36.5 Å². The Morgan fingerprint density at radius 3 is 1.62 bits per heavy atom. The minimum Gasteiger partial charge on any atom is -0.756 e. The number of amides is 1. The molecule has 0 radical (unpaired) electrons. The number of quaternary nitrogens is 1. The lowest BCUT2D eigenvalue weighted by molar-refractivity contribution is -0.870. The number of likely N-dealkylation sites (N-methyl/N-ethyl adjacent to an activating group) is 1. The quantitative estimate of drug-likeness (QED) is 0.0288. The highest BCUT2D eigenvalue weighted by Gasteiger charge is 2.23. The van der Waals surface area contributed by atoms with Crippen LogP contribution in [0.3, 0.4) is 0 Å². The number of carbonyl (C=O) groups is 1. The topological polar surface area (TPSA) is 108 Å². The summed E-state index contributed by atoms with van der Waals surface area (Å²) in [7, 11) is 1.23. The molecule has 0 aromatic heterocycles. The van der Waals surface area contributed by atoms with Crippen molar-refractivity contribution in [3.63, 3.8) is 0 Å². The number of rotatable bonds is 36. The van der Waals surface area contributed by atoms with Crippen molar-refractivity contribution in [1.82, 2.24) is 5.32 Å². The number of hydrogen-bond donors (Lipinski definition) is 2. The van der Waals surface area contributed by atoms with E-state index in [9.17, 15) is 19.4 Å². The van der Waals surface area contributed by atoms with Crippen molar-refractivity contribution in [2.45, 2.75) is 180 Å². The molecule has 0 saturated heterocycles. The molecule has 0 spiro atoms. The van der Waals surface area contributed by atoms with Crippen LogP contribution in [-0.2, 0) is 18.4 Å². The van der Waals surface area contributed by atoms with Crippen molar-refractivity contribution in [1.29, 1.82) is 0 Å². The Balaban J connectivity index is 4.21. The van der Waals surface area contributed by atoms with Crippen LogP contribution in [0.1, 0.15) is 168 Å². The minimum absolute atomic E-state index is 0.00939. The van der Waals surface area contributed by atoms with Gasteiger partial charge in [0.2, 0.25) is 5.91 Å². The van der Waals surface area contributed by atoms with E-state index in [0.29, 0.717) is 17.4 Å². The van der Waals surface area contributed by atoms with E-state index < -0.39 is 26.6 Å². The molecule has 0 fully saturated rings. The number of carbonyl (C=O) groups excluding carboxylic acids is 1. The van der Waals surface area contributed by atoms with Gasteiger partial charge in [0.05, 0.1) is 39.9 Å². The monoisotopic (exact) mass is 727 g/mol. The molecule has 0 saturated carbocycles. The fourth-order valence-electron chi connectivity index (χ4n) is 5.54. The molecule has 294 valence electrons. The van der Waals surface area contributed by atoms with E-state index in [2.05, 4.69) is 43.5 Å². The smallest absolute Gasteiger partial charge is 0.268 e. The van der Waals surface area contributed by atoms with Gasteiger partial charge in [-0.1, -0.05) is 153 Å². The highest BCUT2D eigenvalue weighted by atomic mass is 31.2. The Morgan fingerprint density at radius 2 is 1.12 bits per heavy atom. The fraction of sp³-hybridized carbons (Fsp3) is 0.829. The molecule has 3 atom stereocenters. The average molecular weight is 727 g/mol. The first-order valence-electron chi connectivity index (χ1n) is 20.4. The summed E-state index contributed by atoms with van der Waals surface area (Å²) < 4.78 is 22.9. The maximum atomic E-state index is 12.5. The number of nitrogens with zero attached hydrogens (tertiary/aromatic N) is 1. The fourth-order valence-corrected chi connectivity index (χ4v) is 6.26. The van der Waals surface area contributed by atoms with Crippen LogP contribution in [0.25, 0.3) is 0 Å². The lowest BCUT2D eigenvalue weighted by atomic mass is 10.0. The number of phosphoric ester groups is 1. The Labute approximate surface area is 308 Å². The third-order valence-electron chi connectivity index (χ3n) is 8.83. The molecule has 8 nitrogen and oxygen atoms in total. The molecular formula is C41H79N2O6P. The summed E-state index contributed by atoms with van der Waals surface area (Å²) in [5.74, 6) is -0.231. The van der Waals surface area contributed by atoms with Gasteiger partial charge in [-0.25, -0.2) is 0 Å². The van der Waals surface area contributed by atoms with Crippen molar-refractivity contribution < 1.29 is 32.9 Å². The third kappa shape index (κ3) is 35.1. The number of hydrogen-bond acceptors (Lipinski definition) is 6. The van der Waals surface area contributed by atoms with Crippen LogP contribution in [0.4, 0.5) is 0 Å². The molecule has 0 aliphatic heterocycles. The van der Waals surface area contributed by atoms with Crippen LogP contribution in [0.5, 0.6) is 0 Å². The second kappa shape index (κ2) is 33.5. The van der Waals surface area contributed by atoms with Gasteiger partial charge in [-0.05, 0) is 44.9 Å². The van der Waals surface area contributed by atoms with Crippen LogP contribution in [-0.4, -0.2) is 68.5 Å². The Bertz CT molecular complexity index is 917. The molecule has 50 heavy (non-hydrogen) atoms. The van der Waals surface area contributed by atoms with Crippen molar-refractivity contribution in [3.8, 4) is 0 Å². The van der Waals surface area contributed by atoms with E-state index in [0.717, 1.165) is 51.4 Å². The summed E-state index contributed by atoms with van der Waals surface area (Å²) in [6.07, 6.45) is 39.8. The first kappa shape index (κ1) is 48.7. The first-order chi connectivity index (χ1) is 24.0. The van der Waals surface area contributed by atoms with Gasteiger partial charge in [0.25, 0.3) is 7.82 Å². The van der Waals surface area contributed by atoms with Gasteiger partial charge in [0, 0.05) is 6.42 Å². The summed E-state index contributed by atoms with van der Waals surface area (Å²) >= 11 is 0. The molecular weight excluding hydrogens is 647 g/mol. The lowest BCUT2D eigenvalue weighted by Crippen LogP contribution is -2.45. The molecule has 0 aliphatic carbocycles. The van der Waals surface area contributed by atoms with Crippen molar-refractivity contribution in [2.75, 3.05) is 40.9 Å². The summed E-state index contributed by atoms with van der Waals surface area (Å²) in [5.41, 5.74) is 0. The maximum Gasteiger partial charge on any atom is 0.268 e. The molecule has 1 amide bonds. The van der Waals surface area contributed by atoms with Gasteiger partial charge in [-0.2, -0.15) is 0 Å². The van der Waals surface area contributed by atoms with E-state index in [1.54, 1.807) is 6.08 Å². The molecule has 0 heterocycles. The Kier molecular flexibility index (Phi) is 32.7. The summed E-state index contributed by atoms with van der Waals surface area (Å²) in [5, 5.41) is 13.5. The number of nitrogens with one attached hydrogen (secondary N) is 1. The second-order valence-electron chi connectivity index (χ2n) is 15.0. The Morgan fingerprint density at radius 1 is 0.680 bits per heavy atom. The van der Waals surface area contributed by atoms with Crippen LogP contribution < -0.4 is 10.2 Å². The number of allylic oxidation sites excluding steroid dienone is 5. The molecule has 0 rings (SSSR count). The van der Waals surface area contributed by atoms with Crippen molar-refractivity contribution in [2.24, 2.45) is 0 Å². The van der Waals surface area contributed by atoms with Crippen LogP contribution in [0.15, 0.2) is 36.5 Å². The zero-order valence-corrected chi connectivity index (χ0v) is 34.0. The Hall–Kier alpha value is -1.28. The zero-order valence-electron chi connectivity index (χ0n) is 33.1. The van der Waals surface area contributed by atoms with E-state index in [1.807, 2.05) is 27.2 Å². The van der Waals surface area contributed by atoms with Gasteiger partial charge in [0.15, 0.2) is 0 Å². The summed E-state index contributed by atoms with van der Waals surface area (Å²) in [6, 6.07) is -0.902. The molecule has 9 heteroatoms. The molecule has 0 aromatic carbocycles. The molecule has 2 N–H and O–H groups in total. The predicted octanol–water partition coefficient (Wildman–Crippen LogP) is 10.1. The number of aliphatic hydroxyl groups excluding tert-OH is 1. The minimum atomic E-state index is -4.58. The SMILES string of the molecule is CCCCCCCCCCCCCCCC/C=C/CC/C=C/CC/C=C/C(O)C(COP(=O)([O-])OCC[N+](C)(C)C)NC(=O)CCCCCC. The standard InChI is InChI=1S/C41H79N2O6P/c1-6-8-10-12-13-14-15-16-17-18-19-20-21-22-23-24-25-26-27-28-29-30-31-32-34-40(44)39(42-41(45)35-33-11-9-7-2)38-49-50(46,47)48-37-36-43(3,4)5/h24-25,28-29,32,34,39-40,44H,6-23,26-27,30-31,33,35-38H2,1-5H3,(H-,42,45,46,47)/b25-24+,29-28+,34-32+. The second-order valence-corrected chi connectivity index (χ2v) is 16.4. The normalized spacial score (nSPS) is 14.9. The number of unbranched alkanes of at least 4 members (excludes halogenated alkanes) is 19. The van der Waals surface area contributed by atoms with E-state index >= 15 is 0 Å². The highest BCUT2D eigenvalue weighted by Crippen LogP contribution is 2.38. The van der Waals surface area contributed by atoms with E-state index in [4.69, 9.17) is 9.05 Å². The van der Waals surface area contributed by atoms with Crippen LogP contribution >= 0.6 is 7.82 Å². The first-order valence-corrected chi connectivity index (χ1v) is 21.8. The van der Waals surface area contributed by atoms with Crippen molar-refractivity contribution >= 4 is 13.7 Å². The van der Waals surface area contributed by atoms with E-state index in [-0.39, 0.29) is 12.5 Å². The third-order valence-corrected chi connectivity index (χ3v) is 9.79. The van der Waals surface area contributed by atoms with Gasteiger partial charge in [-0.3, -0.25) is 9.36 Å². The van der Waals surface area contributed by atoms with Gasteiger partial charge in [-0.15, -0.1) is 0 Å². The zero-order chi connectivity index (χ0) is 37.2. The van der Waals surface area contributed by atoms with Crippen LogP contribution in [0.2, 0.25) is 0 Å². The molecule has 0 bridgehead atoms. The highest BCUT2D eigenvalue weighted by molar-refractivity contribution is 7.45. The average Bonchev–Trinajstić information content (AvgIpc) is 3.06.